The number of fused-ring (bicyclic) bond motifs is 2. The summed E-state index contributed by atoms with van der Waals surface area (Å²) in [7, 11) is 1.61. The van der Waals surface area contributed by atoms with Crippen molar-refractivity contribution in [1.82, 2.24) is 0 Å². The van der Waals surface area contributed by atoms with E-state index in [-0.39, 0.29) is 24.2 Å². The second kappa shape index (κ2) is 11.1. The molecule has 0 amide bonds. The van der Waals surface area contributed by atoms with Crippen LogP contribution in [0.5, 0.6) is 17.2 Å². The highest BCUT2D eigenvalue weighted by Gasteiger charge is 2.35. The standard InChI is InChI=1S/C33H34N2O4/c1-38-30-20-28-26(19-31(30)39-22-35-14-6-10-25-9-5-11-29(36)32(25)35)18-27(33(28)37)17-23-12-15-34(16-13-23)21-24-7-3-2-4-8-24/h2-11,14,19-20,23,27H,12-13,15-18,21-22H2,1H3/p+2. The van der Waals surface area contributed by atoms with Crippen molar-refractivity contribution in [3.8, 4) is 17.2 Å². The van der Waals surface area contributed by atoms with Gasteiger partial charge in [-0.05, 0) is 67.5 Å². The van der Waals surface area contributed by atoms with E-state index in [0.717, 1.165) is 35.9 Å². The Hall–Kier alpha value is -3.90. The normalized spacial score (nSPS) is 20.6. The molecule has 1 saturated heterocycles. The van der Waals surface area contributed by atoms with Gasteiger partial charge in [-0.1, -0.05) is 36.4 Å². The summed E-state index contributed by atoms with van der Waals surface area (Å²) in [5, 5.41) is 11.3. The van der Waals surface area contributed by atoms with Crippen LogP contribution < -0.4 is 18.9 Å². The van der Waals surface area contributed by atoms with E-state index in [9.17, 15) is 9.90 Å². The molecule has 1 fully saturated rings. The van der Waals surface area contributed by atoms with Gasteiger partial charge in [-0.3, -0.25) is 4.79 Å². The molecule has 0 spiro atoms. The lowest BCUT2D eigenvalue weighted by Crippen LogP contribution is -3.11. The van der Waals surface area contributed by atoms with Crippen molar-refractivity contribution < 1.29 is 28.8 Å². The van der Waals surface area contributed by atoms with Crippen LogP contribution in [-0.4, -0.2) is 31.1 Å². The van der Waals surface area contributed by atoms with Crippen molar-refractivity contribution >= 4 is 16.7 Å². The molecule has 3 aromatic carbocycles. The first kappa shape index (κ1) is 25.4. The van der Waals surface area contributed by atoms with Crippen molar-refractivity contribution in [1.29, 1.82) is 0 Å². The number of methoxy groups -OCH3 is 1. The van der Waals surface area contributed by atoms with Gasteiger partial charge >= 0.3 is 0 Å². The maximum absolute atomic E-state index is 13.4. The van der Waals surface area contributed by atoms with Crippen LogP contribution >= 0.6 is 0 Å². The van der Waals surface area contributed by atoms with Gasteiger partial charge in [0.05, 0.1) is 25.6 Å². The van der Waals surface area contributed by atoms with Crippen LogP contribution in [-0.2, 0) is 19.7 Å². The number of benzene rings is 3. The number of likely N-dealkylation sites (tertiary alicyclic amines) is 1. The minimum atomic E-state index is 0.0324. The third kappa shape index (κ3) is 5.34. The number of piperidine rings is 1. The van der Waals surface area contributed by atoms with Gasteiger partial charge in [-0.15, -0.1) is 0 Å². The molecule has 4 aromatic rings. The van der Waals surface area contributed by atoms with Crippen LogP contribution in [0.25, 0.3) is 10.9 Å². The Bertz CT molecular complexity index is 1470. The second-order valence-electron chi connectivity index (χ2n) is 11.0. The zero-order chi connectivity index (χ0) is 26.8. The fourth-order valence-corrected chi connectivity index (χ4v) is 6.39. The van der Waals surface area contributed by atoms with E-state index in [1.54, 1.807) is 18.1 Å². The number of carbonyl (C=O) groups excluding carboxylic acids is 1. The number of pyridine rings is 1. The number of aromatic nitrogens is 1. The number of rotatable bonds is 8. The van der Waals surface area contributed by atoms with Crippen LogP contribution in [0.4, 0.5) is 0 Å². The van der Waals surface area contributed by atoms with Crippen molar-refractivity contribution in [3.63, 3.8) is 0 Å². The van der Waals surface area contributed by atoms with Crippen LogP contribution in [0.15, 0.2) is 79.0 Å². The van der Waals surface area contributed by atoms with Crippen LogP contribution in [0.1, 0.15) is 40.7 Å². The molecule has 1 aromatic heterocycles. The molecular weight excluding hydrogens is 488 g/mol. The molecule has 2 aliphatic rings. The lowest BCUT2D eigenvalue weighted by Gasteiger charge is -2.30. The van der Waals surface area contributed by atoms with Gasteiger partial charge < -0.3 is 19.5 Å². The number of ether oxygens (including phenoxy) is 2. The second-order valence-corrected chi connectivity index (χ2v) is 11.0. The third-order valence-corrected chi connectivity index (χ3v) is 8.45. The summed E-state index contributed by atoms with van der Waals surface area (Å²) in [6.45, 7) is 3.63. The number of aromatic hydroxyl groups is 1. The monoisotopic (exact) mass is 524 g/mol. The first-order valence-corrected chi connectivity index (χ1v) is 13.9. The topological polar surface area (TPSA) is 64.1 Å². The third-order valence-electron chi connectivity index (χ3n) is 8.45. The number of hydrogen-bond donors (Lipinski definition) is 2. The predicted octanol–water partition coefficient (Wildman–Crippen LogP) is 4.12. The first-order valence-electron chi connectivity index (χ1n) is 13.9. The van der Waals surface area contributed by atoms with Gasteiger partial charge in [0.2, 0.25) is 0 Å². The van der Waals surface area contributed by atoms with Gasteiger partial charge in [0, 0.05) is 23.1 Å². The number of phenols is 1. The lowest BCUT2D eigenvalue weighted by atomic mass is 9.85. The number of para-hydroxylation sites is 1. The largest absolute Gasteiger partial charge is 0.502 e. The van der Waals surface area contributed by atoms with E-state index in [0.29, 0.717) is 22.9 Å². The lowest BCUT2D eigenvalue weighted by molar-refractivity contribution is -0.919. The van der Waals surface area contributed by atoms with Gasteiger partial charge in [0.25, 0.3) is 12.2 Å². The highest BCUT2D eigenvalue weighted by atomic mass is 16.5. The Balaban J connectivity index is 1.11. The molecule has 0 bridgehead atoms. The smallest absolute Gasteiger partial charge is 0.292 e. The summed E-state index contributed by atoms with van der Waals surface area (Å²) in [6.07, 6.45) is 5.95. The van der Waals surface area contributed by atoms with Gasteiger partial charge in [0.15, 0.2) is 29.2 Å². The summed E-state index contributed by atoms with van der Waals surface area (Å²) < 4.78 is 13.7. The van der Waals surface area contributed by atoms with Gasteiger partial charge in [-0.25, -0.2) is 0 Å². The van der Waals surface area contributed by atoms with E-state index in [1.165, 1.54) is 31.5 Å². The first-order chi connectivity index (χ1) is 19.1. The average molecular weight is 525 g/mol. The highest BCUT2D eigenvalue weighted by Crippen LogP contribution is 2.39. The number of nitrogens with one attached hydrogen (secondary N) is 1. The maximum atomic E-state index is 13.4. The van der Waals surface area contributed by atoms with Crippen molar-refractivity contribution in [2.75, 3.05) is 20.2 Å². The number of ketones is 1. The molecule has 200 valence electrons. The average Bonchev–Trinajstić information content (AvgIpc) is 3.26. The molecule has 0 radical (unpaired) electrons. The Kier molecular flexibility index (Phi) is 7.20. The molecule has 2 N–H and O–H groups in total. The molecule has 0 saturated carbocycles. The van der Waals surface area contributed by atoms with Gasteiger partial charge in [0.1, 0.15) is 6.54 Å². The SMILES string of the molecule is COc1cc2c(cc1OC[n+]1cccc3cccc(O)c31)CC(CC1CC[NH+](Cc3ccccc3)CC1)C2=O. The molecule has 6 heteroatoms. The Morgan fingerprint density at radius 2 is 1.77 bits per heavy atom. The van der Waals surface area contributed by atoms with Crippen LogP contribution in [0, 0.1) is 11.8 Å². The summed E-state index contributed by atoms with van der Waals surface area (Å²) >= 11 is 0. The Labute approximate surface area is 229 Å². The van der Waals surface area contributed by atoms with Crippen molar-refractivity contribution in [3.05, 3.63) is 95.7 Å². The fraction of sp³-hybridized carbons (Fsp3) is 0.333. The summed E-state index contributed by atoms with van der Waals surface area (Å²) in [5.41, 5.74) is 3.92. The number of carbonyl (C=O) groups is 1. The fourth-order valence-electron chi connectivity index (χ4n) is 6.39. The molecule has 1 aliphatic carbocycles. The summed E-state index contributed by atoms with van der Waals surface area (Å²) in [5.74, 6) is 2.25. The van der Waals surface area contributed by atoms with Gasteiger partial charge in [-0.2, -0.15) is 4.57 Å². The Morgan fingerprint density at radius 1 is 0.974 bits per heavy atom. The molecule has 39 heavy (non-hydrogen) atoms. The predicted molar refractivity (Wildman–Crippen MR) is 149 cm³/mol. The molecule has 1 unspecified atom stereocenters. The number of Topliss-reactive ketones (excluding diaryl/α,β-unsaturated/α-hetero) is 1. The van der Waals surface area contributed by atoms with E-state index in [4.69, 9.17) is 9.47 Å². The van der Waals surface area contributed by atoms with E-state index in [2.05, 4.69) is 30.3 Å². The molecular formula is C33H36N2O4+2. The minimum absolute atomic E-state index is 0.0324. The van der Waals surface area contributed by atoms with Crippen LogP contribution in [0.2, 0.25) is 0 Å². The molecule has 6 nitrogen and oxygen atoms in total. The molecule has 6 rings (SSSR count). The van der Waals surface area contributed by atoms with E-state index < -0.39 is 0 Å². The zero-order valence-electron chi connectivity index (χ0n) is 22.4. The molecule has 1 atom stereocenters. The Morgan fingerprint density at radius 3 is 2.56 bits per heavy atom. The van der Waals surface area contributed by atoms with E-state index >= 15 is 0 Å². The quantitative estimate of drug-likeness (QED) is 0.341. The van der Waals surface area contributed by atoms with Crippen molar-refractivity contribution in [2.45, 2.75) is 39.0 Å². The number of hydrogen-bond acceptors (Lipinski definition) is 4. The number of phenolic OH excluding ortho intramolecular Hbond substituents is 1. The summed E-state index contributed by atoms with van der Waals surface area (Å²) in [6, 6.07) is 23.9. The molecule has 1 aliphatic heterocycles. The van der Waals surface area contributed by atoms with E-state index in [1.807, 2.05) is 47.2 Å². The number of nitrogens with zero attached hydrogens (tertiary/aromatic N) is 1. The van der Waals surface area contributed by atoms with Crippen LogP contribution in [0.3, 0.4) is 0 Å². The highest BCUT2D eigenvalue weighted by molar-refractivity contribution is 6.02. The number of quaternary nitrogens is 1. The van der Waals surface area contributed by atoms with Crippen molar-refractivity contribution in [2.24, 2.45) is 11.8 Å². The minimum Gasteiger partial charge on any atom is -0.502 e. The maximum Gasteiger partial charge on any atom is 0.292 e. The zero-order valence-corrected chi connectivity index (χ0v) is 22.4. The summed E-state index contributed by atoms with van der Waals surface area (Å²) in [4.78, 5) is 15.0. The molecule has 2 heterocycles.